The van der Waals surface area contributed by atoms with Crippen LogP contribution in [0.4, 0.5) is 5.82 Å². The van der Waals surface area contributed by atoms with Crippen LogP contribution in [-0.2, 0) is 4.74 Å². The van der Waals surface area contributed by atoms with Crippen molar-refractivity contribution in [2.24, 2.45) is 0 Å². The summed E-state index contributed by atoms with van der Waals surface area (Å²) in [5.74, 6) is 0.960. The maximum absolute atomic E-state index is 6.17. The molecule has 0 radical (unpaired) electrons. The SMILES string of the molecule is Cc1cc(NCCN2CCOCC2)n2nc(-c3cccc(Cl)c3)c(C)c2n1. The molecule has 3 aromatic rings. The van der Waals surface area contributed by atoms with Crippen LogP contribution in [0.1, 0.15) is 11.3 Å². The molecule has 1 aliphatic rings. The van der Waals surface area contributed by atoms with E-state index in [1.165, 1.54) is 0 Å². The molecule has 1 aromatic carbocycles. The fourth-order valence-corrected chi connectivity index (χ4v) is 3.64. The van der Waals surface area contributed by atoms with Gasteiger partial charge in [-0.3, -0.25) is 4.90 Å². The fraction of sp³-hybridized carbons (Fsp3) is 0.400. The molecule has 4 rings (SSSR count). The summed E-state index contributed by atoms with van der Waals surface area (Å²) in [6.45, 7) is 9.52. The van der Waals surface area contributed by atoms with Crippen LogP contribution in [0.15, 0.2) is 30.3 Å². The third-order valence-electron chi connectivity index (χ3n) is 4.88. The van der Waals surface area contributed by atoms with Crippen LogP contribution in [-0.4, -0.2) is 58.9 Å². The lowest BCUT2D eigenvalue weighted by atomic mass is 10.1. The van der Waals surface area contributed by atoms with Gasteiger partial charge in [0.05, 0.1) is 18.9 Å². The molecular weight excluding hydrogens is 362 g/mol. The molecule has 0 spiro atoms. The molecule has 27 heavy (non-hydrogen) atoms. The average molecular weight is 386 g/mol. The second kappa shape index (κ2) is 7.84. The molecule has 1 saturated heterocycles. The van der Waals surface area contributed by atoms with Crippen LogP contribution in [0, 0.1) is 13.8 Å². The Morgan fingerprint density at radius 3 is 2.78 bits per heavy atom. The van der Waals surface area contributed by atoms with E-state index in [1.54, 1.807) is 0 Å². The van der Waals surface area contributed by atoms with E-state index in [1.807, 2.05) is 41.8 Å². The van der Waals surface area contributed by atoms with Crippen molar-refractivity contribution in [2.75, 3.05) is 44.7 Å². The molecule has 0 bridgehead atoms. The molecule has 2 aromatic heterocycles. The van der Waals surface area contributed by atoms with Crippen molar-refractivity contribution in [3.05, 3.63) is 46.6 Å². The molecule has 3 heterocycles. The van der Waals surface area contributed by atoms with E-state index in [9.17, 15) is 0 Å². The summed E-state index contributed by atoms with van der Waals surface area (Å²) in [4.78, 5) is 7.11. The molecule has 0 unspecified atom stereocenters. The van der Waals surface area contributed by atoms with Crippen molar-refractivity contribution >= 4 is 23.1 Å². The largest absolute Gasteiger partial charge is 0.379 e. The van der Waals surface area contributed by atoms with E-state index >= 15 is 0 Å². The van der Waals surface area contributed by atoms with Crippen LogP contribution in [0.3, 0.4) is 0 Å². The normalized spacial score (nSPS) is 15.4. The standard InChI is InChI=1S/C20H24ClN5O/c1-14-12-18(22-6-7-25-8-10-27-11-9-25)26-20(23-14)15(2)19(24-26)16-4-3-5-17(21)13-16/h3-5,12-13,22H,6-11H2,1-2H3. The first kappa shape index (κ1) is 18.2. The Balaban J connectivity index is 1.61. The van der Waals surface area contributed by atoms with E-state index in [2.05, 4.69) is 17.1 Å². The minimum atomic E-state index is 0.706. The molecule has 0 atom stereocenters. The predicted molar refractivity (Wildman–Crippen MR) is 109 cm³/mol. The molecule has 142 valence electrons. The van der Waals surface area contributed by atoms with Gasteiger partial charge < -0.3 is 10.1 Å². The number of rotatable bonds is 5. The number of ether oxygens (including phenoxy) is 1. The number of benzene rings is 1. The highest BCUT2D eigenvalue weighted by atomic mass is 35.5. The van der Waals surface area contributed by atoms with E-state index in [4.69, 9.17) is 26.4 Å². The molecule has 1 aliphatic heterocycles. The van der Waals surface area contributed by atoms with E-state index in [-0.39, 0.29) is 0 Å². The van der Waals surface area contributed by atoms with Gasteiger partial charge in [-0.05, 0) is 26.0 Å². The van der Waals surface area contributed by atoms with Crippen LogP contribution in [0.2, 0.25) is 5.02 Å². The number of halogens is 1. The second-order valence-electron chi connectivity index (χ2n) is 6.88. The number of nitrogens with zero attached hydrogens (tertiary/aromatic N) is 4. The Labute approximate surface area is 164 Å². The minimum absolute atomic E-state index is 0.706. The van der Waals surface area contributed by atoms with Gasteiger partial charge in [0.25, 0.3) is 0 Å². The van der Waals surface area contributed by atoms with Crippen LogP contribution in [0.25, 0.3) is 16.9 Å². The lowest BCUT2D eigenvalue weighted by molar-refractivity contribution is 0.0398. The number of hydrogen-bond donors (Lipinski definition) is 1. The van der Waals surface area contributed by atoms with Gasteiger partial charge in [0.2, 0.25) is 0 Å². The molecule has 6 nitrogen and oxygen atoms in total. The molecule has 0 amide bonds. The maximum atomic E-state index is 6.17. The number of nitrogens with one attached hydrogen (secondary N) is 1. The summed E-state index contributed by atoms with van der Waals surface area (Å²) in [6.07, 6.45) is 0. The highest BCUT2D eigenvalue weighted by Gasteiger charge is 2.16. The van der Waals surface area contributed by atoms with Gasteiger partial charge in [0, 0.05) is 54.1 Å². The van der Waals surface area contributed by atoms with Crippen molar-refractivity contribution in [3.63, 3.8) is 0 Å². The number of morpholine rings is 1. The van der Waals surface area contributed by atoms with Gasteiger partial charge in [-0.2, -0.15) is 9.61 Å². The summed E-state index contributed by atoms with van der Waals surface area (Å²) in [7, 11) is 0. The topological polar surface area (TPSA) is 54.7 Å². The van der Waals surface area contributed by atoms with Gasteiger partial charge in [-0.15, -0.1) is 0 Å². The highest BCUT2D eigenvalue weighted by Crippen LogP contribution is 2.28. The zero-order valence-corrected chi connectivity index (χ0v) is 16.5. The van der Waals surface area contributed by atoms with Gasteiger partial charge in [-0.1, -0.05) is 23.7 Å². The molecular formula is C20H24ClN5O. The smallest absolute Gasteiger partial charge is 0.161 e. The first-order valence-electron chi connectivity index (χ1n) is 9.29. The van der Waals surface area contributed by atoms with Crippen molar-refractivity contribution in [1.29, 1.82) is 0 Å². The van der Waals surface area contributed by atoms with Crippen LogP contribution >= 0.6 is 11.6 Å². The number of anilines is 1. The highest BCUT2D eigenvalue weighted by molar-refractivity contribution is 6.30. The second-order valence-corrected chi connectivity index (χ2v) is 7.32. The first-order valence-corrected chi connectivity index (χ1v) is 9.66. The maximum Gasteiger partial charge on any atom is 0.161 e. The van der Waals surface area contributed by atoms with Crippen molar-refractivity contribution in [3.8, 4) is 11.3 Å². The number of aryl methyl sites for hydroxylation is 2. The van der Waals surface area contributed by atoms with Crippen LogP contribution in [0.5, 0.6) is 0 Å². The third-order valence-corrected chi connectivity index (χ3v) is 5.12. The molecule has 7 heteroatoms. The van der Waals surface area contributed by atoms with Gasteiger partial charge in [0.15, 0.2) is 5.65 Å². The number of fused-ring (bicyclic) bond motifs is 1. The summed E-state index contributed by atoms with van der Waals surface area (Å²) in [5, 5.41) is 9.07. The number of hydrogen-bond acceptors (Lipinski definition) is 5. The summed E-state index contributed by atoms with van der Waals surface area (Å²) in [5.41, 5.74) is 4.81. The third kappa shape index (κ3) is 3.93. The van der Waals surface area contributed by atoms with Crippen molar-refractivity contribution in [2.45, 2.75) is 13.8 Å². The molecule has 0 aliphatic carbocycles. The van der Waals surface area contributed by atoms with Gasteiger partial charge in [0.1, 0.15) is 5.82 Å². The average Bonchev–Trinajstić information content (AvgIpc) is 2.99. The Morgan fingerprint density at radius 2 is 2.00 bits per heavy atom. The lowest BCUT2D eigenvalue weighted by Crippen LogP contribution is -2.39. The Morgan fingerprint density at radius 1 is 1.19 bits per heavy atom. The Bertz CT molecular complexity index is 949. The fourth-order valence-electron chi connectivity index (χ4n) is 3.45. The van der Waals surface area contributed by atoms with Crippen molar-refractivity contribution < 1.29 is 4.74 Å². The monoisotopic (exact) mass is 385 g/mol. The lowest BCUT2D eigenvalue weighted by Gasteiger charge is -2.26. The quantitative estimate of drug-likeness (QED) is 0.729. The van der Waals surface area contributed by atoms with Gasteiger partial charge in [-0.25, -0.2) is 4.98 Å². The molecule has 0 saturated carbocycles. The zero-order valence-electron chi connectivity index (χ0n) is 15.7. The van der Waals surface area contributed by atoms with Crippen LogP contribution < -0.4 is 5.32 Å². The summed E-state index contributed by atoms with van der Waals surface area (Å²) >= 11 is 6.17. The molecule has 1 fully saturated rings. The summed E-state index contributed by atoms with van der Waals surface area (Å²) in [6, 6.07) is 9.83. The van der Waals surface area contributed by atoms with E-state index in [0.29, 0.717) is 5.02 Å². The summed E-state index contributed by atoms with van der Waals surface area (Å²) < 4.78 is 7.31. The predicted octanol–water partition coefficient (Wildman–Crippen LogP) is 3.41. The zero-order chi connectivity index (χ0) is 18.8. The van der Waals surface area contributed by atoms with Gasteiger partial charge >= 0.3 is 0 Å². The van der Waals surface area contributed by atoms with Crippen molar-refractivity contribution in [1.82, 2.24) is 19.5 Å². The minimum Gasteiger partial charge on any atom is -0.379 e. The molecule has 1 N–H and O–H groups in total. The Hall–Kier alpha value is -2.15. The Kier molecular flexibility index (Phi) is 5.29. The number of aromatic nitrogens is 3. The first-order chi connectivity index (χ1) is 13.1. The van der Waals surface area contributed by atoms with E-state index < -0.39 is 0 Å². The van der Waals surface area contributed by atoms with E-state index in [0.717, 1.165) is 73.4 Å².